The van der Waals surface area contributed by atoms with Crippen LogP contribution in [-0.4, -0.2) is 80.0 Å². The lowest BCUT2D eigenvalue weighted by molar-refractivity contribution is -0.137. The number of aliphatic hydroxyl groups excluding tert-OH is 1. The standard InChI is InChI=1S/C17H25FN2O4/c1-23-13-17(22)20-8-6-19(7-9-20)10-15(21)12-24-11-14-4-2-3-5-16(14)18/h2-5,15,21H,6-13H2,1H3. The van der Waals surface area contributed by atoms with E-state index in [9.17, 15) is 14.3 Å². The summed E-state index contributed by atoms with van der Waals surface area (Å²) in [6, 6.07) is 6.44. The molecule has 1 aromatic rings. The molecule has 1 heterocycles. The van der Waals surface area contributed by atoms with Crippen molar-refractivity contribution in [1.29, 1.82) is 0 Å². The predicted molar refractivity (Wildman–Crippen MR) is 87.0 cm³/mol. The lowest BCUT2D eigenvalue weighted by Gasteiger charge is -2.35. The highest BCUT2D eigenvalue weighted by atomic mass is 19.1. The quantitative estimate of drug-likeness (QED) is 0.746. The zero-order chi connectivity index (χ0) is 17.4. The largest absolute Gasteiger partial charge is 0.389 e. The van der Waals surface area contributed by atoms with Crippen molar-refractivity contribution in [2.75, 3.05) is 53.0 Å². The summed E-state index contributed by atoms with van der Waals surface area (Å²) < 4.78 is 23.7. The van der Waals surface area contributed by atoms with E-state index in [0.717, 1.165) is 0 Å². The van der Waals surface area contributed by atoms with Gasteiger partial charge in [0.05, 0.1) is 19.3 Å². The van der Waals surface area contributed by atoms with Gasteiger partial charge in [-0.3, -0.25) is 9.69 Å². The Morgan fingerprint density at radius 3 is 2.67 bits per heavy atom. The van der Waals surface area contributed by atoms with Gasteiger partial charge in [-0.1, -0.05) is 18.2 Å². The summed E-state index contributed by atoms with van der Waals surface area (Å²) in [5, 5.41) is 10.0. The number of methoxy groups -OCH3 is 1. The Morgan fingerprint density at radius 2 is 2.00 bits per heavy atom. The number of hydrogen-bond acceptors (Lipinski definition) is 5. The minimum Gasteiger partial charge on any atom is -0.389 e. The van der Waals surface area contributed by atoms with Crippen molar-refractivity contribution in [3.05, 3.63) is 35.6 Å². The maximum atomic E-state index is 13.5. The van der Waals surface area contributed by atoms with Crippen molar-refractivity contribution < 1.29 is 23.8 Å². The third kappa shape index (κ3) is 5.83. The lowest BCUT2D eigenvalue weighted by Crippen LogP contribution is -2.51. The summed E-state index contributed by atoms with van der Waals surface area (Å²) >= 11 is 0. The number of carbonyl (C=O) groups excluding carboxylic acids is 1. The second kappa shape index (κ2) is 9.68. The zero-order valence-electron chi connectivity index (χ0n) is 14.0. The van der Waals surface area contributed by atoms with Gasteiger partial charge in [-0.15, -0.1) is 0 Å². The molecule has 7 heteroatoms. The number of hydrogen-bond donors (Lipinski definition) is 1. The Labute approximate surface area is 141 Å². The normalized spacial score (nSPS) is 17.0. The minimum absolute atomic E-state index is 0.00841. The molecule has 6 nitrogen and oxygen atoms in total. The number of benzene rings is 1. The van der Waals surface area contributed by atoms with Crippen LogP contribution in [-0.2, 0) is 20.9 Å². The Balaban J connectivity index is 1.64. The summed E-state index contributed by atoms with van der Waals surface area (Å²) in [6.07, 6.45) is -0.641. The lowest BCUT2D eigenvalue weighted by atomic mass is 10.2. The van der Waals surface area contributed by atoms with Crippen LogP contribution < -0.4 is 0 Å². The summed E-state index contributed by atoms with van der Waals surface area (Å²) in [5.41, 5.74) is 0.481. The Hall–Kier alpha value is -1.54. The molecular formula is C17H25FN2O4. The predicted octanol–water partition coefficient (Wildman–Crippen LogP) is 0.494. The number of carbonyl (C=O) groups is 1. The first kappa shape index (κ1) is 18.8. The Bertz CT molecular complexity index is 521. The smallest absolute Gasteiger partial charge is 0.248 e. The van der Waals surface area contributed by atoms with E-state index in [-0.39, 0.29) is 31.5 Å². The van der Waals surface area contributed by atoms with Gasteiger partial charge in [0.1, 0.15) is 12.4 Å². The third-order valence-corrected chi connectivity index (χ3v) is 3.99. The van der Waals surface area contributed by atoms with Crippen molar-refractivity contribution in [3.8, 4) is 0 Å². The van der Waals surface area contributed by atoms with Crippen LogP contribution in [0.4, 0.5) is 4.39 Å². The van der Waals surface area contributed by atoms with Gasteiger partial charge in [0.25, 0.3) is 0 Å². The molecule has 0 radical (unpaired) electrons. The zero-order valence-corrected chi connectivity index (χ0v) is 14.0. The van der Waals surface area contributed by atoms with Crippen LogP contribution in [0.1, 0.15) is 5.56 Å². The molecule has 1 unspecified atom stereocenters. The van der Waals surface area contributed by atoms with Gasteiger partial charge in [-0.25, -0.2) is 4.39 Å². The molecule has 1 amide bonds. The minimum atomic E-state index is -0.641. The monoisotopic (exact) mass is 340 g/mol. The van der Waals surface area contributed by atoms with E-state index in [0.29, 0.717) is 38.3 Å². The van der Waals surface area contributed by atoms with Crippen molar-refractivity contribution in [1.82, 2.24) is 9.80 Å². The highest BCUT2D eigenvalue weighted by molar-refractivity contribution is 5.77. The van der Waals surface area contributed by atoms with Crippen molar-refractivity contribution >= 4 is 5.91 Å². The van der Waals surface area contributed by atoms with Gasteiger partial charge < -0.3 is 19.5 Å². The number of piperazine rings is 1. The van der Waals surface area contributed by atoms with E-state index >= 15 is 0 Å². The van der Waals surface area contributed by atoms with Crippen LogP contribution in [0.15, 0.2) is 24.3 Å². The molecule has 1 N–H and O–H groups in total. The molecular weight excluding hydrogens is 315 g/mol. The fourth-order valence-electron chi connectivity index (χ4n) is 2.67. The maximum absolute atomic E-state index is 13.5. The molecule has 1 aliphatic heterocycles. The van der Waals surface area contributed by atoms with Crippen LogP contribution in [0, 0.1) is 5.82 Å². The van der Waals surface area contributed by atoms with Gasteiger partial charge in [-0.2, -0.15) is 0 Å². The number of amides is 1. The van der Waals surface area contributed by atoms with Crippen LogP contribution in [0.2, 0.25) is 0 Å². The van der Waals surface area contributed by atoms with Crippen molar-refractivity contribution in [3.63, 3.8) is 0 Å². The Kier molecular flexibility index (Phi) is 7.58. The van der Waals surface area contributed by atoms with E-state index in [1.807, 2.05) is 0 Å². The summed E-state index contributed by atoms with van der Waals surface area (Å²) in [7, 11) is 1.51. The van der Waals surface area contributed by atoms with Gasteiger partial charge >= 0.3 is 0 Å². The highest BCUT2D eigenvalue weighted by Crippen LogP contribution is 2.08. The molecule has 1 fully saturated rings. The Morgan fingerprint density at radius 1 is 1.29 bits per heavy atom. The topological polar surface area (TPSA) is 62.2 Å². The number of rotatable bonds is 8. The van der Waals surface area contributed by atoms with Crippen LogP contribution in [0.3, 0.4) is 0 Å². The van der Waals surface area contributed by atoms with E-state index < -0.39 is 6.10 Å². The molecule has 1 aromatic carbocycles. The number of aliphatic hydroxyl groups is 1. The van der Waals surface area contributed by atoms with Crippen LogP contribution in [0.25, 0.3) is 0 Å². The molecule has 0 bridgehead atoms. The number of halogens is 1. The van der Waals surface area contributed by atoms with Crippen LogP contribution >= 0.6 is 0 Å². The molecule has 0 spiro atoms. The first-order valence-electron chi connectivity index (χ1n) is 8.08. The summed E-state index contributed by atoms with van der Waals surface area (Å²) in [6.45, 7) is 3.55. The fraction of sp³-hybridized carbons (Fsp3) is 0.588. The molecule has 1 aliphatic rings. The number of nitrogens with zero attached hydrogens (tertiary/aromatic N) is 2. The summed E-state index contributed by atoms with van der Waals surface area (Å²) in [4.78, 5) is 15.6. The second-order valence-electron chi connectivity index (χ2n) is 5.87. The molecule has 134 valence electrons. The first-order valence-corrected chi connectivity index (χ1v) is 8.08. The molecule has 1 atom stereocenters. The molecule has 1 saturated heterocycles. The second-order valence-corrected chi connectivity index (χ2v) is 5.87. The average molecular weight is 340 g/mol. The molecule has 24 heavy (non-hydrogen) atoms. The van der Waals surface area contributed by atoms with E-state index in [4.69, 9.17) is 9.47 Å². The molecule has 0 aliphatic carbocycles. The van der Waals surface area contributed by atoms with Crippen LogP contribution in [0.5, 0.6) is 0 Å². The van der Waals surface area contributed by atoms with E-state index in [1.54, 1.807) is 23.1 Å². The van der Waals surface area contributed by atoms with Crippen molar-refractivity contribution in [2.24, 2.45) is 0 Å². The third-order valence-electron chi connectivity index (χ3n) is 3.99. The fourth-order valence-corrected chi connectivity index (χ4v) is 2.67. The number of ether oxygens (including phenoxy) is 2. The van der Waals surface area contributed by atoms with Gasteiger partial charge in [-0.05, 0) is 6.07 Å². The SMILES string of the molecule is COCC(=O)N1CCN(CC(O)COCc2ccccc2F)CC1. The molecule has 2 rings (SSSR count). The summed E-state index contributed by atoms with van der Waals surface area (Å²) in [5.74, 6) is -0.310. The highest BCUT2D eigenvalue weighted by Gasteiger charge is 2.22. The van der Waals surface area contributed by atoms with Crippen molar-refractivity contribution in [2.45, 2.75) is 12.7 Å². The van der Waals surface area contributed by atoms with E-state index in [1.165, 1.54) is 13.2 Å². The van der Waals surface area contributed by atoms with E-state index in [2.05, 4.69) is 4.90 Å². The first-order chi connectivity index (χ1) is 11.6. The van der Waals surface area contributed by atoms with Gasteiger partial charge in [0.15, 0.2) is 0 Å². The van der Waals surface area contributed by atoms with Gasteiger partial charge in [0.2, 0.25) is 5.91 Å². The average Bonchev–Trinajstić information content (AvgIpc) is 2.57. The molecule has 0 saturated carbocycles. The molecule has 0 aromatic heterocycles. The number of β-amino-alcohol motifs (C(OH)–C–C–N with tert-alkyl or cyclic N) is 1. The van der Waals surface area contributed by atoms with Gasteiger partial charge in [0, 0.05) is 45.4 Å². The maximum Gasteiger partial charge on any atom is 0.248 e.